The van der Waals surface area contributed by atoms with E-state index in [1.807, 2.05) is 17.0 Å². The number of amides is 1. The number of carbonyl (C=O) groups excluding carboxylic acids is 1. The number of hydrogen-bond donors (Lipinski definition) is 1. The molecule has 0 atom stereocenters. The monoisotopic (exact) mass is 376 g/mol. The Balaban J connectivity index is 1.49. The standard InChI is InChI=1S/C20H28N2O3S/c23-20-7-4-15-22(20)16-13-18-8-10-19(11-9-18)26(24,25)21-14-12-17-5-2-1-3-6-17/h5,8-11,21H,1-4,6-7,12-16H2. The number of allylic oxidation sites excluding steroid dienone is 1. The van der Waals surface area contributed by atoms with Crippen LogP contribution in [0.1, 0.15) is 50.5 Å². The van der Waals surface area contributed by atoms with Gasteiger partial charge in [0.05, 0.1) is 4.90 Å². The zero-order valence-corrected chi connectivity index (χ0v) is 16.1. The second-order valence-electron chi connectivity index (χ2n) is 7.13. The van der Waals surface area contributed by atoms with Gasteiger partial charge in [-0.05, 0) is 62.6 Å². The van der Waals surface area contributed by atoms with Crippen LogP contribution in [0.25, 0.3) is 0 Å². The van der Waals surface area contributed by atoms with E-state index in [1.165, 1.54) is 18.4 Å². The van der Waals surface area contributed by atoms with Crippen molar-refractivity contribution in [2.45, 2.75) is 56.3 Å². The zero-order chi connectivity index (χ0) is 18.4. The smallest absolute Gasteiger partial charge is 0.240 e. The summed E-state index contributed by atoms with van der Waals surface area (Å²) in [6, 6.07) is 7.00. The summed E-state index contributed by atoms with van der Waals surface area (Å²) in [5.41, 5.74) is 2.42. The Kier molecular flexibility index (Phi) is 6.48. The Hall–Kier alpha value is -1.66. The van der Waals surface area contributed by atoms with Crippen LogP contribution in [0.15, 0.2) is 40.8 Å². The molecule has 5 nitrogen and oxygen atoms in total. The molecule has 0 radical (unpaired) electrons. The lowest BCUT2D eigenvalue weighted by Gasteiger charge is -2.15. The van der Waals surface area contributed by atoms with Crippen molar-refractivity contribution >= 4 is 15.9 Å². The van der Waals surface area contributed by atoms with Crippen molar-refractivity contribution in [2.24, 2.45) is 0 Å². The summed E-state index contributed by atoms with van der Waals surface area (Å²) in [4.78, 5) is 13.8. The molecule has 1 amide bonds. The normalized spacial score (nSPS) is 18.2. The molecule has 1 aromatic rings. The first kappa shape index (κ1) is 19.1. The maximum Gasteiger partial charge on any atom is 0.240 e. The SMILES string of the molecule is O=C1CCCN1CCc1ccc(S(=O)(=O)NCCC2=CCCCC2)cc1. The van der Waals surface area contributed by atoms with Crippen LogP contribution in [0, 0.1) is 0 Å². The molecule has 26 heavy (non-hydrogen) atoms. The van der Waals surface area contributed by atoms with Gasteiger partial charge >= 0.3 is 0 Å². The van der Waals surface area contributed by atoms with E-state index in [1.54, 1.807) is 12.1 Å². The molecule has 0 aromatic heterocycles. The van der Waals surface area contributed by atoms with Crippen LogP contribution < -0.4 is 4.72 Å². The third kappa shape index (κ3) is 5.17. The largest absolute Gasteiger partial charge is 0.342 e. The minimum atomic E-state index is -3.46. The summed E-state index contributed by atoms with van der Waals surface area (Å²) in [5.74, 6) is 0.224. The van der Waals surface area contributed by atoms with E-state index < -0.39 is 10.0 Å². The minimum Gasteiger partial charge on any atom is -0.342 e. The fraction of sp³-hybridized carbons (Fsp3) is 0.550. The highest BCUT2D eigenvalue weighted by Gasteiger charge is 2.19. The van der Waals surface area contributed by atoms with Crippen molar-refractivity contribution in [1.82, 2.24) is 9.62 Å². The fourth-order valence-electron chi connectivity index (χ4n) is 3.60. The molecule has 1 aliphatic carbocycles. The predicted molar refractivity (Wildman–Crippen MR) is 102 cm³/mol. The molecule has 6 heteroatoms. The lowest BCUT2D eigenvalue weighted by molar-refractivity contribution is -0.127. The van der Waals surface area contributed by atoms with Gasteiger partial charge in [-0.3, -0.25) is 4.79 Å². The van der Waals surface area contributed by atoms with Gasteiger partial charge in [0.15, 0.2) is 0 Å². The van der Waals surface area contributed by atoms with Gasteiger partial charge in [-0.15, -0.1) is 0 Å². The maximum atomic E-state index is 12.4. The van der Waals surface area contributed by atoms with E-state index in [9.17, 15) is 13.2 Å². The average Bonchev–Trinajstić information content (AvgIpc) is 3.06. The molecule has 1 aromatic carbocycles. The van der Waals surface area contributed by atoms with Crippen molar-refractivity contribution < 1.29 is 13.2 Å². The Bertz CT molecular complexity index is 754. The predicted octanol–water partition coefficient (Wildman–Crippen LogP) is 3.02. The zero-order valence-electron chi connectivity index (χ0n) is 15.2. The summed E-state index contributed by atoms with van der Waals surface area (Å²) < 4.78 is 27.5. The average molecular weight is 377 g/mol. The molecule has 1 N–H and O–H groups in total. The van der Waals surface area contributed by atoms with Gasteiger partial charge in [-0.25, -0.2) is 13.1 Å². The van der Waals surface area contributed by atoms with E-state index in [0.717, 1.165) is 44.2 Å². The van der Waals surface area contributed by atoms with Gasteiger partial charge in [0.2, 0.25) is 15.9 Å². The fourth-order valence-corrected chi connectivity index (χ4v) is 4.63. The Labute approximate surface area is 156 Å². The molecule has 1 heterocycles. The van der Waals surface area contributed by atoms with Crippen LogP contribution >= 0.6 is 0 Å². The molecule has 2 aliphatic rings. The Morgan fingerprint density at radius 3 is 2.46 bits per heavy atom. The van der Waals surface area contributed by atoms with E-state index >= 15 is 0 Å². The lowest BCUT2D eigenvalue weighted by Crippen LogP contribution is -2.27. The summed E-state index contributed by atoms with van der Waals surface area (Å²) in [6.07, 6.45) is 10.1. The number of hydrogen-bond acceptors (Lipinski definition) is 3. The highest BCUT2D eigenvalue weighted by Crippen LogP contribution is 2.20. The summed E-state index contributed by atoms with van der Waals surface area (Å²) >= 11 is 0. The number of benzene rings is 1. The van der Waals surface area contributed by atoms with E-state index in [2.05, 4.69) is 10.8 Å². The number of nitrogens with one attached hydrogen (secondary N) is 1. The summed E-state index contributed by atoms with van der Waals surface area (Å²) in [6.45, 7) is 2.00. The lowest BCUT2D eigenvalue weighted by atomic mass is 9.97. The molecule has 142 valence electrons. The number of likely N-dealkylation sites (tertiary alicyclic amines) is 1. The summed E-state index contributed by atoms with van der Waals surface area (Å²) in [5, 5.41) is 0. The molecule has 0 bridgehead atoms. The van der Waals surface area contributed by atoms with Crippen LogP contribution in [0.2, 0.25) is 0 Å². The van der Waals surface area contributed by atoms with Gasteiger partial charge in [-0.1, -0.05) is 23.8 Å². The first-order valence-corrected chi connectivity index (χ1v) is 11.1. The van der Waals surface area contributed by atoms with E-state index in [0.29, 0.717) is 24.4 Å². The van der Waals surface area contributed by atoms with Crippen LogP contribution in [-0.2, 0) is 21.2 Å². The van der Waals surface area contributed by atoms with Crippen LogP contribution in [0.3, 0.4) is 0 Å². The number of nitrogens with zero attached hydrogens (tertiary/aromatic N) is 1. The first-order chi connectivity index (χ1) is 12.5. The minimum absolute atomic E-state index is 0.224. The molecule has 0 spiro atoms. The third-order valence-corrected chi connectivity index (χ3v) is 6.68. The molecule has 0 saturated carbocycles. The number of sulfonamides is 1. The van der Waals surface area contributed by atoms with Crippen molar-refractivity contribution in [1.29, 1.82) is 0 Å². The number of carbonyl (C=O) groups is 1. The molecule has 3 rings (SSSR count). The highest BCUT2D eigenvalue weighted by atomic mass is 32.2. The van der Waals surface area contributed by atoms with Crippen molar-refractivity contribution in [2.75, 3.05) is 19.6 Å². The maximum absolute atomic E-state index is 12.4. The van der Waals surface area contributed by atoms with Crippen LogP contribution in [-0.4, -0.2) is 38.9 Å². The van der Waals surface area contributed by atoms with Gasteiger partial charge in [0.25, 0.3) is 0 Å². The number of rotatable bonds is 8. The van der Waals surface area contributed by atoms with Crippen LogP contribution in [0.4, 0.5) is 0 Å². The highest BCUT2D eigenvalue weighted by molar-refractivity contribution is 7.89. The molecule has 1 aliphatic heterocycles. The van der Waals surface area contributed by atoms with Crippen molar-refractivity contribution in [3.05, 3.63) is 41.5 Å². The molecular weight excluding hydrogens is 348 g/mol. The quantitative estimate of drug-likeness (QED) is 0.709. The Morgan fingerprint density at radius 2 is 1.81 bits per heavy atom. The molecular formula is C20H28N2O3S. The molecule has 1 fully saturated rings. The van der Waals surface area contributed by atoms with E-state index in [4.69, 9.17) is 0 Å². The van der Waals surface area contributed by atoms with Gasteiger partial charge < -0.3 is 4.90 Å². The van der Waals surface area contributed by atoms with Gasteiger partial charge in [0.1, 0.15) is 0 Å². The summed E-state index contributed by atoms with van der Waals surface area (Å²) in [7, 11) is -3.46. The van der Waals surface area contributed by atoms with Gasteiger partial charge in [0, 0.05) is 26.1 Å². The van der Waals surface area contributed by atoms with Crippen molar-refractivity contribution in [3.63, 3.8) is 0 Å². The van der Waals surface area contributed by atoms with Crippen LogP contribution in [0.5, 0.6) is 0 Å². The Morgan fingerprint density at radius 1 is 1.00 bits per heavy atom. The van der Waals surface area contributed by atoms with Gasteiger partial charge in [-0.2, -0.15) is 0 Å². The second kappa shape index (κ2) is 8.82. The second-order valence-corrected chi connectivity index (χ2v) is 8.90. The third-order valence-electron chi connectivity index (χ3n) is 5.20. The molecule has 1 saturated heterocycles. The van der Waals surface area contributed by atoms with Crippen molar-refractivity contribution in [3.8, 4) is 0 Å². The topological polar surface area (TPSA) is 66.5 Å². The first-order valence-electron chi connectivity index (χ1n) is 9.59. The van der Waals surface area contributed by atoms with E-state index in [-0.39, 0.29) is 5.91 Å². The molecule has 0 unspecified atom stereocenters.